The summed E-state index contributed by atoms with van der Waals surface area (Å²) in [6, 6.07) is -2.45. The van der Waals surface area contributed by atoms with Crippen LogP contribution in [0.25, 0.3) is 0 Å². The Hall–Kier alpha value is 1.09. The number of halogens is 3. The van der Waals surface area contributed by atoms with E-state index in [0.717, 1.165) is 19.3 Å². The maximum Gasteiger partial charge on any atom is 0.344 e. The molecule has 0 bridgehead atoms. The van der Waals surface area contributed by atoms with Crippen LogP contribution in [0.2, 0.25) is 5.54 Å². The van der Waals surface area contributed by atoms with Gasteiger partial charge in [-0.3, -0.25) is 0 Å². The maximum absolute atomic E-state index is 5.99. The molecule has 12 heavy (non-hydrogen) atoms. The Morgan fingerprint density at radius 1 is 1.17 bits per heavy atom. The lowest BCUT2D eigenvalue weighted by Gasteiger charge is -2.23. The smallest absolute Gasteiger partial charge is 0.126 e. The molecular formula is C8H17Cl3Si. The first-order chi connectivity index (χ1) is 5.38. The van der Waals surface area contributed by atoms with Crippen LogP contribution in [0.4, 0.5) is 0 Å². The highest BCUT2D eigenvalue weighted by molar-refractivity contribution is 7.65. The van der Waals surface area contributed by atoms with E-state index in [1.165, 1.54) is 0 Å². The third-order valence-corrected chi connectivity index (χ3v) is 6.08. The van der Waals surface area contributed by atoms with Gasteiger partial charge in [-0.15, -0.1) is 33.2 Å². The van der Waals surface area contributed by atoms with Crippen molar-refractivity contribution in [2.45, 2.75) is 45.6 Å². The predicted molar refractivity (Wildman–Crippen MR) is 61.4 cm³/mol. The molecule has 0 rings (SSSR count). The van der Waals surface area contributed by atoms with Gasteiger partial charge in [-0.25, -0.2) is 0 Å². The highest BCUT2D eigenvalue weighted by Crippen LogP contribution is 2.41. The van der Waals surface area contributed by atoms with Crippen LogP contribution in [0, 0.1) is 5.92 Å². The largest absolute Gasteiger partial charge is 0.344 e. The highest BCUT2D eigenvalue weighted by atomic mass is 35.8. The summed E-state index contributed by atoms with van der Waals surface area (Å²) in [5.74, 6) is 0.629. The van der Waals surface area contributed by atoms with Gasteiger partial charge in [0, 0.05) is 0 Å². The first kappa shape index (κ1) is 13.1. The van der Waals surface area contributed by atoms with Gasteiger partial charge in [-0.2, -0.15) is 0 Å². The van der Waals surface area contributed by atoms with Crippen LogP contribution in [-0.4, -0.2) is 6.00 Å². The van der Waals surface area contributed by atoms with Crippen molar-refractivity contribution in [2.75, 3.05) is 0 Å². The summed E-state index contributed by atoms with van der Waals surface area (Å²) in [6.45, 7) is 6.49. The molecule has 0 spiro atoms. The van der Waals surface area contributed by atoms with Crippen LogP contribution in [0.15, 0.2) is 0 Å². The lowest BCUT2D eigenvalue weighted by molar-refractivity contribution is 0.530. The third-order valence-electron chi connectivity index (χ3n) is 1.86. The van der Waals surface area contributed by atoms with Crippen molar-refractivity contribution >= 4 is 39.2 Å². The molecule has 0 heterocycles. The summed E-state index contributed by atoms with van der Waals surface area (Å²) < 4.78 is 0. The zero-order valence-electron chi connectivity index (χ0n) is 7.91. The molecule has 0 aromatic rings. The van der Waals surface area contributed by atoms with Crippen LogP contribution < -0.4 is 0 Å². The molecule has 0 aliphatic heterocycles. The molecule has 0 aromatic heterocycles. The average molecular weight is 248 g/mol. The third kappa shape index (κ3) is 5.68. The summed E-state index contributed by atoms with van der Waals surface area (Å²) in [5, 5.41) is 0. The minimum Gasteiger partial charge on any atom is -0.126 e. The van der Waals surface area contributed by atoms with Gasteiger partial charge in [0.15, 0.2) is 0 Å². The first-order valence-corrected chi connectivity index (χ1v) is 9.56. The fraction of sp³-hybridized carbons (Fsp3) is 1.00. The molecule has 1 atom stereocenters. The number of hydrogen-bond acceptors (Lipinski definition) is 0. The molecule has 0 saturated carbocycles. The fourth-order valence-electron chi connectivity index (χ4n) is 1.33. The van der Waals surface area contributed by atoms with E-state index in [-0.39, 0.29) is 0 Å². The molecule has 0 radical (unpaired) electrons. The topological polar surface area (TPSA) is 0 Å². The van der Waals surface area contributed by atoms with Gasteiger partial charge in [0.25, 0.3) is 0 Å². The second-order valence-corrected chi connectivity index (χ2v) is 12.7. The van der Waals surface area contributed by atoms with Crippen LogP contribution in [0.5, 0.6) is 0 Å². The Balaban J connectivity index is 4.04. The van der Waals surface area contributed by atoms with Gasteiger partial charge < -0.3 is 0 Å². The van der Waals surface area contributed by atoms with Crippen molar-refractivity contribution in [3.05, 3.63) is 0 Å². The molecule has 0 N–H and O–H groups in total. The van der Waals surface area contributed by atoms with Gasteiger partial charge in [-0.05, 0) is 24.3 Å². The van der Waals surface area contributed by atoms with Gasteiger partial charge in [0.2, 0.25) is 0 Å². The highest BCUT2D eigenvalue weighted by Gasteiger charge is 2.35. The first-order valence-electron chi connectivity index (χ1n) is 4.44. The van der Waals surface area contributed by atoms with Crippen LogP contribution in [-0.2, 0) is 0 Å². The molecule has 0 saturated heterocycles. The van der Waals surface area contributed by atoms with E-state index in [0.29, 0.717) is 11.5 Å². The van der Waals surface area contributed by atoms with E-state index in [1.807, 2.05) is 0 Å². The zero-order valence-corrected chi connectivity index (χ0v) is 11.2. The zero-order chi connectivity index (χ0) is 9.78. The van der Waals surface area contributed by atoms with Crippen molar-refractivity contribution in [2.24, 2.45) is 5.92 Å². The van der Waals surface area contributed by atoms with Crippen LogP contribution in [0.1, 0.15) is 40.0 Å². The molecule has 0 amide bonds. The minimum atomic E-state index is -2.45. The standard InChI is InChI=1S/C8H17Cl3Si/c1-4-5-8(6-7(2)3)12(9,10)11/h7-8H,4-6H2,1-3H3. The fourth-order valence-corrected chi connectivity index (χ4v) is 4.47. The lowest BCUT2D eigenvalue weighted by atomic mass is 10.1. The van der Waals surface area contributed by atoms with Crippen molar-refractivity contribution in [3.63, 3.8) is 0 Å². The second kappa shape index (κ2) is 5.74. The van der Waals surface area contributed by atoms with Crippen molar-refractivity contribution < 1.29 is 0 Å². The Labute approximate surface area is 90.7 Å². The maximum atomic E-state index is 5.99. The molecule has 0 nitrogen and oxygen atoms in total. The summed E-state index contributed by atoms with van der Waals surface area (Å²) in [4.78, 5) is 0. The molecule has 74 valence electrons. The normalized spacial score (nSPS) is 15.2. The summed E-state index contributed by atoms with van der Waals surface area (Å²) in [5.41, 5.74) is 0.340. The van der Waals surface area contributed by atoms with Crippen molar-refractivity contribution in [1.82, 2.24) is 0 Å². The Morgan fingerprint density at radius 3 is 1.92 bits per heavy atom. The monoisotopic (exact) mass is 246 g/mol. The summed E-state index contributed by atoms with van der Waals surface area (Å²) in [7, 11) is 0. The molecule has 1 unspecified atom stereocenters. The second-order valence-electron chi connectivity index (χ2n) is 3.66. The number of rotatable bonds is 5. The minimum absolute atomic E-state index is 0.340. The van der Waals surface area contributed by atoms with Crippen molar-refractivity contribution in [3.8, 4) is 0 Å². The van der Waals surface area contributed by atoms with E-state index in [4.69, 9.17) is 33.2 Å². The molecule has 4 heteroatoms. The molecule has 0 aromatic carbocycles. The summed E-state index contributed by atoms with van der Waals surface area (Å²) in [6.07, 6.45) is 3.22. The molecular weight excluding hydrogens is 231 g/mol. The average Bonchev–Trinajstić information content (AvgIpc) is 1.83. The molecule has 0 aliphatic rings. The van der Waals surface area contributed by atoms with Gasteiger partial charge in [0.1, 0.15) is 0 Å². The Bertz CT molecular complexity index is 120. The molecule has 0 aliphatic carbocycles. The Morgan fingerprint density at radius 2 is 1.67 bits per heavy atom. The van der Waals surface area contributed by atoms with E-state index in [9.17, 15) is 0 Å². The lowest BCUT2D eigenvalue weighted by Crippen LogP contribution is -2.21. The SMILES string of the molecule is CCCC(CC(C)C)[Si](Cl)(Cl)Cl. The predicted octanol–water partition coefficient (Wildman–Crippen LogP) is 4.86. The van der Waals surface area contributed by atoms with Gasteiger partial charge in [-0.1, -0.05) is 27.2 Å². The van der Waals surface area contributed by atoms with Gasteiger partial charge in [0.05, 0.1) is 0 Å². The van der Waals surface area contributed by atoms with E-state index < -0.39 is 6.00 Å². The van der Waals surface area contributed by atoms with Crippen LogP contribution in [0.3, 0.4) is 0 Å². The van der Waals surface area contributed by atoms with Crippen LogP contribution >= 0.6 is 33.2 Å². The van der Waals surface area contributed by atoms with Gasteiger partial charge >= 0.3 is 6.00 Å². The summed E-state index contributed by atoms with van der Waals surface area (Å²) >= 11 is 18.0. The van der Waals surface area contributed by atoms with E-state index >= 15 is 0 Å². The molecule has 0 fully saturated rings. The van der Waals surface area contributed by atoms with E-state index in [1.54, 1.807) is 0 Å². The van der Waals surface area contributed by atoms with Crippen molar-refractivity contribution in [1.29, 1.82) is 0 Å². The number of hydrogen-bond donors (Lipinski definition) is 0. The van der Waals surface area contributed by atoms with E-state index in [2.05, 4.69) is 20.8 Å². The quantitative estimate of drug-likeness (QED) is 0.481. The Kier molecular flexibility index (Phi) is 6.26.